The van der Waals surface area contributed by atoms with Crippen LogP contribution in [-0.2, 0) is 30.2 Å². The number of likely N-dealkylation sites (N-methyl/N-ethyl adjacent to an activating group) is 1. The molecule has 2 atom stereocenters. The molecule has 11 heteroatoms. The van der Waals surface area contributed by atoms with Crippen LogP contribution in [0.4, 0.5) is 5.69 Å². The van der Waals surface area contributed by atoms with Gasteiger partial charge in [-0.3, -0.25) is 10.1 Å². The van der Waals surface area contributed by atoms with Crippen LogP contribution >= 0.6 is 0 Å². The molecule has 168 valence electrons. The van der Waals surface area contributed by atoms with Gasteiger partial charge < -0.3 is 24.7 Å². The number of esters is 2. The number of ether oxygens (including phenoxy) is 2. The van der Waals surface area contributed by atoms with Crippen LogP contribution in [0.15, 0.2) is 41.1 Å². The molecule has 10 nitrogen and oxygen atoms in total. The second-order valence-corrected chi connectivity index (χ2v) is 8.22. The van der Waals surface area contributed by atoms with Crippen molar-refractivity contribution < 1.29 is 28.5 Å². The molecule has 0 aliphatic carbocycles. The maximum absolute atomic E-state index is 13.1. The molecule has 1 aliphatic rings. The van der Waals surface area contributed by atoms with Crippen molar-refractivity contribution in [1.29, 1.82) is 0 Å². The van der Waals surface area contributed by atoms with E-state index in [0.29, 0.717) is 5.70 Å². The summed E-state index contributed by atoms with van der Waals surface area (Å²) in [7, 11) is 2.79. The van der Waals surface area contributed by atoms with Crippen molar-refractivity contribution in [1.82, 2.24) is 4.90 Å². The van der Waals surface area contributed by atoms with Crippen LogP contribution in [0.5, 0.6) is 0 Å². The van der Waals surface area contributed by atoms with Gasteiger partial charge in [0, 0.05) is 37.0 Å². The molecule has 1 aliphatic heterocycles. The van der Waals surface area contributed by atoms with Crippen LogP contribution in [0.25, 0.3) is 5.57 Å². The lowest BCUT2D eigenvalue weighted by Crippen LogP contribution is -2.47. The average molecular weight is 452 g/mol. The number of carbonyl (C=O) groups excluding carboxylic acids is 2. The second-order valence-electron chi connectivity index (χ2n) is 6.61. The third-order valence-electron chi connectivity index (χ3n) is 4.81. The first-order valence-corrected chi connectivity index (χ1v) is 10.8. The topological polar surface area (TPSA) is 148 Å². The van der Waals surface area contributed by atoms with Crippen molar-refractivity contribution in [3.8, 4) is 0 Å². The van der Waals surface area contributed by atoms with Gasteiger partial charge in [0.2, 0.25) is 5.37 Å². The summed E-state index contributed by atoms with van der Waals surface area (Å²) in [5, 5.41) is 10.4. The van der Waals surface area contributed by atoms with E-state index in [0.717, 1.165) is 0 Å². The number of non-ortho nitro benzene ring substituents is 1. The SMILES string of the molecule is CCOC(=O)C1=C(c2cccc([N+](=O)[O-])c2)C(C(=O)OC)=C(C)N(C)C1[S+]([O-])CCN. The molecule has 1 aromatic rings. The molecule has 1 aromatic carbocycles. The number of benzene rings is 1. The fraction of sp³-hybridized carbons (Fsp3) is 0.400. The molecule has 0 saturated heterocycles. The summed E-state index contributed by atoms with van der Waals surface area (Å²) in [5.41, 5.74) is 6.09. The minimum absolute atomic E-state index is 0.0366. The summed E-state index contributed by atoms with van der Waals surface area (Å²) in [5.74, 6) is -1.42. The summed E-state index contributed by atoms with van der Waals surface area (Å²) in [6.07, 6.45) is 0. The molecule has 1 heterocycles. The van der Waals surface area contributed by atoms with E-state index in [9.17, 15) is 24.3 Å². The minimum atomic E-state index is -1.63. The van der Waals surface area contributed by atoms with Crippen LogP contribution in [-0.4, -0.2) is 64.8 Å². The largest absolute Gasteiger partial charge is 0.614 e. The number of methoxy groups -OCH3 is 1. The zero-order chi connectivity index (χ0) is 23.3. The smallest absolute Gasteiger partial charge is 0.341 e. The number of nitro benzene ring substituents is 1. The zero-order valence-electron chi connectivity index (χ0n) is 17.7. The Bertz CT molecular complexity index is 944. The Labute approximate surface area is 183 Å². The summed E-state index contributed by atoms with van der Waals surface area (Å²) >= 11 is -1.63. The molecule has 0 fully saturated rings. The first-order chi connectivity index (χ1) is 14.7. The van der Waals surface area contributed by atoms with Gasteiger partial charge in [-0.2, -0.15) is 0 Å². The van der Waals surface area contributed by atoms with E-state index < -0.39 is 33.4 Å². The summed E-state index contributed by atoms with van der Waals surface area (Å²) in [6.45, 7) is 3.40. The van der Waals surface area contributed by atoms with Gasteiger partial charge in [-0.15, -0.1) is 0 Å². The van der Waals surface area contributed by atoms with Crippen LogP contribution in [0, 0.1) is 10.1 Å². The van der Waals surface area contributed by atoms with Gasteiger partial charge in [0.1, 0.15) is 11.3 Å². The Hall–Kier alpha value is -2.89. The molecular formula is C20H25N3O7S. The zero-order valence-corrected chi connectivity index (χ0v) is 18.6. The molecule has 2 unspecified atom stereocenters. The number of hydrogen-bond donors (Lipinski definition) is 1. The summed E-state index contributed by atoms with van der Waals surface area (Å²) in [6, 6.07) is 5.52. The van der Waals surface area contributed by atoms with Gasteiger partial charge in [-0.25, -0.2) is 9.59 Å². The Balaban J connectivity index is 2.94. The highest BCUT2D eigenvalue weighted by atomic mass is 32.2. The van der Waals surface area contributed by atoms with Gasteiger partial charge >= 0.3 is 11.9 Å². The quantitative estimate of drug-likeness (QED) is 0.267. The van der Waals surface area contributed by atoms with E-state index in [4.69, 9.17) is 15.2 Å². The van der Waals surface area contributed by atoms with Crippen molar-refractivity contribution in [2.24, 2.45) is 5.73 Å². The van der Waals surface area contributed by atoms with Gasteiger partial charge in [0.25, 0.3) is 5.69 Å². The Morgan fingerprint density at radius 1 is 1.32 bits per heavy atom. The van der Waals surface area contributed by atoms with Crippen LogP contribution in [0.3, 0.4) is 0 Å². The highest BCUT2D eigenvalue weighted by molar-refractivity contribution is 7.92. The van der Waals surface area contributed by atoms with Gasteiger partial charge in [-0.1, -0.05) is 12.1 Å². The first-order valence-electron chi connectivity index (χ1n) is 9.45. The average Bonchev–Trinajstić information content (AvgIpc) is 2.74. The van der Waals surface area contributed by atoms with Crippen LogP contribution in [0.2, 0.25) is 0 Å². The van der Waals surface area contributed by atoms with Gasteiger partial charge in [0.15, 0.2) is 0 Å². The number of hydrogen-bond acceptors (Lipinski definition) is 9. The van der Waals surface area contributed by atoms with E-state index in [1.807, 2.05) is 0 Å². The summed E-state index contributed by atoms with van der Waals surface area (Å²) < 4.78 is 23.2. The maximum Gasteiger partial charge on any atom is 0.341 e. The fourth-order valence-corrected chi connectivity index (χ4v) is 4.80. The van der Waals surface area contributed by atoms with Crippen LogP contribution < -0.4 is 5.73 Å². The van der Waals surface area contributed by atoms with Crippen molar-refractivity contribution >= 4 is 34.4 Å². The molecular weight excluding hydrogens is 426 g/mol. The van der Waals surface area contributed by atoms with Crippen LogP contribution in [0.1, 0.15) is 19.4 Å². The minimum Gasteiger partial charge on any atom is -0.614 e. The molecule has 2 rings (SSSR count). The molecule has 0 aromatic heterocycles. The Morgan fingerprint density at radius 3 is 2.55 bits per heavy atom. The third kappa shape index (κ3) is 4.89. The number of nitrogens with zero attached hydrogens (tertiary/aromatic N) is 2. The predicted molar refractivity (Wildman–Crippen MR) is 115 cm³/mol. The van der Waals surface area contributed by atoms with Gasteiger partial charge in [0.05, 0.1) is 24.2 Å². The monoisotopic (exact) mass is 451 g/mol. The fourth-order valence-electron chi connectivity index (χ4n) is 3.36. The number of rotatable bonds is 8. The second kappa shape index (κ2) is 10.4. The maximum atomic E-state index is 13.1. The number of allylic oxidation sites excluding steroid dienone is 1. The Kier molecular flexibility index (Phi) is 8.20. The Morgan fingerprint density at radius 2 is 2.00 bits per heavy atom. The van der Waals surface area contributed by atoms with Crippen molar-refractivity contribution in [2.75, 3.05) is 33.1 Å². The molecule has 0 spiro atoms. The number of carbonyl (C=O) groups is 2. The predicted octanol–water partition coefficient (Wildman–Crippen LogP) is 1.34. The normalized spacial score (nSPS) is 17.5. The summed E-state index contributed by atoms with van der Waals surface area (Å²) in [4.78, 5) is 38.1. The molecule has 2 N–H and O–H groups in total. The van der Waals surface area contributed by atoms with Crippen molar-refractivity contribution in [3.05, 3.63) is 56.8 Å². The molecule has 0 amide bonds. The van der Waals surface area contributed by atoms with E-state index in [1.165, 1.54) is 31.4 Å². The first kappa shape index (κ1) is 24.4. The van der Waals surface area contributed by atoms with Gasteiger partial charge in [-0.05, 0) is 30.6 Å². The number of nitro groups is 1. The molecule has 0 radical (unpaired) electrons. The van der Waals surface area contributed by atoms with E-state index in [2.05, 4.69) is 0 Å². The van der Waals surface area contributed by atoms with E-state index in [1.54, 1.807) is 25.8 Å². The number of nitrogens with two attached hydrogens (primary N) is 1. The lowest BCUT2D eigenvalue weighted by molar-refractivity contribution is -0.384. The van der Waals surface area contributed by atoms with Crippen molar-refractivity contribution in [3.63, 3.8) is 0 Å². The highest BCUT2D eigenvalue weighted by Gasteiger charge is 2.45. The molecule has 0 bridgehead atoms. The third-order valence-corrected chi connectivity index (χ3v) is 6.50. The molecule has 0 saturated carbocycles. The van der Waals surface area contributed by atoms with Crippen molar-refractivity contribution in [2.45, 2.75) is 19.2 Å². The highest BCUT2D eigenvalue weighted by Crippen LogP contribution is 2.41. The lowest BCUT2D eigenvalue weighted by Gasteiger charge is -2.38. The van der Waals surface area contributed by atoms with E-state index >= 15 is 0 Å². The molecule has 31 heavy (non-hydrogen) atoms. The standard InChI is InChI=1S/C20H25N3O7S/c1-5-30-20(25)17-16(13-7-6-8-14(11-13)23(26)27)15(19(24)29-4)12(2)22(3)18(17)31(28)10-9-21/h6-8,11,18H,5,9-10,21H2,1-4H3. The van der Waals surface area contributed by atoms with E-state index in [-0.39, 0.29) is 46.9 Å². The lowest BCUT2D eigenvalue weighted by atomic mass is 9.88.